The van der Waals surface area contributed by atoms with Gasteiger partial charge in [0, 0.05) is 25.3 Å². The van der Waals surface area contributed by atoms with Crippen molar-refractivity contribution in [1.82, 2.24) is 14.8 Å². The third-order valence-electron chi connectivity index (χ3n) is 5.01. The van der Waals surface area contributed by atoms with Gasteiger partial charge in [0.25, 0.3) is 0 Å². The quantitative estimate of drug-likeness (QED) is 0.430. The Morgan fingerprint density at radius 2 is 1.59 bits per heavy atom. The summed E-state index contributed by atoms with van der Waals surface area (Å²) in [5, 5.41) is 13.7. The van der Waals surface area contributed by atoms with Gasteiger partial charge in [-0.05, 0) is 49.7 Å². The number of nitrogens with zero attached hydrogens (tertiary/aromatic N) is 3. The van der Waals surface area contributed by atoms with E-state index in [9.17, 15) is 18.0 Å². The molecule has 0 radical (unpaired) electrons. The molecule has 9 nitrogen and oxygen atoms in total. The number of thioether (sulfide) groups is 1. The molecular formula is C23H27N5O4S2. The van der Waals surface area contributed by atoms with Gasteiger partial charge >= 0.3 is 0 Å². The average molecular weight is 502 g/mol. The van der Waals surface area contributed by atoms with E-state index in [-0.39, 0.29) is 22.5 Å². The Morgan fingerprint density at radius 1 is 1.00 bits per heavy atom. The highest BCUT2D eigenvalue weighted by Gasteiger charge is 2.24. The van der Waals surface area contributed by atoms with Crippen LogP contribution in [0.25, 0.3) is 0 Å². The molecule has 1 aromatic heterocycles. The van der Waals surface area contributed by atoms with Crippen LogP contribution in [0.15, 0.2) is 58.6 Å². The van der Waals surface area contributed by atoms with Crippen LogP contribution in [0.1, 0.15) is 31.7 Å². The van der Waals surface area contributed by atoms with E-state index >= 15 is 0 Å². The molecule has 0 aliphatic rings. The number of aryl methyl sites for hydroxylation is 1. The topological polar surface area (TPSA) is 123 Å². The molecule has 0 spiro atoms. The summed E-state index contributed by atoms with van der Waals surface area (Å²) in [6.45, 7) is 5.20. The number of anilines is 2. The number of benzene rings is 2. The SMILES string of the molecule is CCC(Sc1nnc(CS(=O)(=O)c2ccc(C)cc2)n1C)C(=O)Nc1ccc(NC(C)=O)cc1. The normalized spacial score (nSPS) is 12.2. The summed E-state index contributed by atoms with van der Waals surface area (Å²) >= 11 is 1.22. The maximum Gasteiger partial charge on any atom is 0.237 e. The van der Waals surface area contributed by atoms with Crippen LogP contribution >= 0.6 is 11.8 Å². The zero-order chi connectivity index (χ0) is 24.9. The lowest BCUT2D eigenvalue weighted by molar-refractivity contribution is -0.116. The zero-order valence-corrected chi connectivity index (χ0v) is 21.0. The molecule has 0 bridgehead atoms. The molecule has 3 rings (SSSR count). The van der Waals surface area contributed by atoms with E-state index in [1.54, 1.807) is 60.1 Å². The third kappa shape index (κ3) is 6.45. The van der Waals surface area contributed by atoms with Gasteiger partial charge in [-0.2, -0.15) is 0 Å². The Hall–Kier alpha value is -3.18. The fourth-order valence-electron chi connectivity index (χ4n) is 3.08. The molecule has 0 aliphatic heterocycles. The van der Waals surface area contributed by atoms with Crippen molar-refractivity contribution in [3.05, 3.63) is 59.9 Å². The van der Waals surface area contributed by atoms with Crippen molar-refractivity contribution in [2.24, 2.45) is 7.05 Å². The van der Waals surface area contributed by atoms with Crippen LogP contribution in [0.2, 0.25) is 0 Å². The maximum atomic E-state index is 12.8. The van der Waals surface area contributed by atoms with Crippen LogP contribution in [0.4, 0.5) is 11.4 Å². The molecule has 11 heteroatoms. The zero-order valence-electron chi connectivity index (χ0n) is 19.4. The van der Waals surface area contributed by atoms with Gasteiger partial charge in [0.15, 0.2) is 15.0 Å². The fraction of sp³-hybridized carbons (Fsp3) is 0.304. The number of hydrogen-bond acceptors (Lipinski definition) is 7. The Bertz CT molecular complexity index is 1270. The second-order valence-electron chi connectivity index (χ2n) is 7.79. The molecule has 2 amide bonds. The molecule has 0 saturated heterocycles. The largest absolute Gasteiger partial charge is 0.326 e. The lowest BCUT2D eigenvalue weighted by Crippen LogP contribution is -2.25. The van der Waals surface area contributed by atoms with Gasteiger partial charge in [-0.1, -0.05) is 36.4 Å². The van der Waals surface area contributed by atoms with E-state index in [2.05, 4.69) is 20.8 Å². The summed E-state index contributed by atoms with van der Waals surface area (Å²) in [7, 11) is -1.89. The average Bonchev–Trinajstić information content (AvgIpc) is 3.11. The molecule has 3 aromatic rings. The fourth-order valence-corrected chi connectivity index (χ4v) is 5.33. The summed E-state index contributed by atoms with van der Waals surface area (Å²) in [5.41, 5.74) is 2.21. The first kappa shape index (κ1) is 25.4. The van der Waals surface area contributed by atoms with Crippen molar-refractivity contribution in [1.29, 1.82) is 0 Å². The molecule has 2 N–H and O–H groups in total. The molecule has 2 aromatic carbocycles. The summed E-state index contributed by atoms with van der Waals surface area (Å²) in [5.74, 6) is -0.374. The second kappa shape index (κ2) is 10.8. The number of nitrogens with one attached hydrogen (secondary N) is 2. The molecular weight excluding hydrogens is 474 g/mol. The monoisotopic (exact) mass is 501 g/mol. The lowest BCUT2D eigenvalue weighted by Gasteiger charge is -2.14. The number of rotatable bonds is 9. The Morgan fingerprint density at radius 3 is 2.15 bits per heavy atom. The molecule has 1 heterocycles. The Labute approximate surface area is 203 Å². The Balaban J connectivity index is 1.67. The van der Waals surface area contributed by atoms with E-state index in [0.717, 1.165) is 5.56 Å². The number of sulfone groups is 1. The van der Waals surface area contributed by atoms with Crippen LogP contribution in [-0.4, -0.2) is 40.2 Å². The van der Waals surface area contributed by atoms with E-state index in [0.29, 0.717) is 28.8 Å². The predicted octanol–water partition coefficient (Wildman–Crippen LogP) is 3.57. The molecule has 1 unspecified atom stereocenters. The van der Waals surface area contributed by atoms with Crippen LogP contribution in [0.3, 0.4) is 0 Å². The second-order valence-corrected chi connectivity index (χ2v) is 11.0. The van der Waals surface area contributed by atoms with E-state index in [4.69, 9.17) is 0 Å². The number of amides is 2. The smallest absolute Gasteiger partial charge is 0.237 e. The highest BCUT2D eigenvalue weighted by Crippen LogP contribution is 2.26. The van der Waals surface area contributed by atoms with Gasteiger partial charge in [0.1, 0.15) is 11.6 Å². The lowest BCUT2D eigenvalue weighted by atomic mass is 10.2. The first-order valence-electron chi connectivity index (χ1n) is 10.6. The highest BCUT2D eigenvalue weighted by atomic mass is 32.2. The first-order chi connectivity index (χ1) is 16.1. The third-order valence-corrected chi connectivity index (χ3v) is 8.03. The minimum atomic E-state index is -3.58. The maximum absolute atomic E-state index is 12.8. The van der Waals surface area contributed by atoms with Crippen molar-refractivity contribution < 1.29 is 18.0 Å². The molecule has 180 valence electrons. The molecule has 0 aliphatic carbocycles. The van der Waals surface area contributed by atoms with Crippen LogP contribution < -0.4 is 10.6 Å². The van der Waals surface area contributed by atoms with Gasteiger partial charge in [-0.3, -0.25) is 9.59 Å². The van der Waals surface area contributed by atoms with Crippen LogP contribution in [0.5, 0.6) is 0 Å². The number of aromatic nitrogens is 3. The summed E-state index contributed by atoms with van der Waals surface area (Å²) in [6.07, 6.45) is 0.532. The van der Waals surface area contributed by atoms with Gasteiger partial charge in [-0.15, -0.1) is 10.2 Å². The number of carbonyl (C=O) groups is 2. The first-order valence-corrected chi connectivity index (χ1v) is 13.1. The van der Waals surface area contributed by atoms with Crippen molar-refractivity contribution in [3.8, 4) is 0 Å². The number of carbonyl (C=O) groups excluding carboxylic acids is 2. The van der Waals surface area contributed by atoms with Gasteiger partial charge in [0.2, 0.25) is 11.8 Å². The van der Waals surface area contributed by atoms with Gasteiger partial charge < -0.3 is 15.2 Å². The van der Waals surface area contributed by atoms with Crippen molar-refractivity contribution in [3.63, 3.8) is 0 Å². The summed E-state index contributed by atoms with van der Waals surface area (Å²) < 4.78 is 27.1. The van der Waals surface area contributed by atoms with Crippen molar-refractivity contribution in [2.45, 2.75) is 48.2 Å². The van der Waals surface area contributed by atoms with Crippen LogP contribution in [0, 0.1) is 6.92 Å². The molecule has 0 saturated carbocycles. The molecule has 1 atom stereocenters. The molecule has 34 heavy (non-hydrogen) atoms. The van der Waals surface area contributed by atoms with Crippen molar-refractivity contribution in [2.75, 3.05) is 10.6 Å². The van der Waals surface area contributed by atoms with E-state index in [1.807, 2.05) is 13.8 Å². The van der Waals surface area contributed by atoms with Crippen LogP contribution in [-0.2, 0) is 32.2 Å². The predicted molar refractivity (Wildman–Crippen MR) is 132 cm³/mol. The number of hydrogen-bond donors (Lipinski definition) is 2. The van der Waals surface area contributed by atoms with Gasteiger partial charge in [-0.25, -0.2) is 8.42 Å². The molecule has 0 fully saturated rings. The van der Waals surface area contributed by atoms with E-state index in [1.165, 1.54) is 18.7 Å². The summed E-state index contributed by atoms with van der Waals surface area (Å²) in [6, 6.07) is 13.5. The minimum Gasteiger partial charge on any atom is -0.326 e. The van der Waals surface area contributed by atoms with Gasteiger partial charge in [0.05, 0.1) is 10.1 Å². The van der Waals surface area contributed by atoms with E-state index < -0.39 is 15.1 Å². The highest BCUT2D eigenvalue weighted by molar-refractivity contribution is 8.00. The minimum absolute atomic E-state index is 0.172. The van der Waals surface area contributed by atoms with Crippen molar-refractivity contribution >= 4 is 44.8 Å². The standard InChI is InChI=1S/C23H27N5O4S2/c1-5-20(22(30)25-18-10-8-17(9-11-18)24-16(3)29)33-23-27-26-21(28(23)4)14-34(31,32)19-12-6-15(2)7-13-19/h6-13,20H,5,14H2,1-4H3,(H,24,29)(H,25,30). The summed E-state index contributed by atoms with van der Waals surface area (Å²) in [4.78, 5) is 24.2. The Kier molecular flexibility index (Phi) is 8.11.